The maximum Gasteiger partial charge on any atom is 0.273 e. The molecule has 2 aromatic rings. The second kappa shape index (κ2) is 8.73. The summed E-state index contributed by atoms with van der Waals surface area (Å²) in [5, 5.41) is 2.69. The SMILES string of the molecule is Cc1cc(C(=O)NNC(=O)CCNC(=O)c2ccc(C(C)(C)C)cc2)c(C)o1. The van der Waals surface area contributed by atoms with E-state index in [9.17, 15) is 14.4 Å². The van der Waals surface area contributed by atoms with E-state index in [0.29, 0.717) is 22.6 Å². The molecule has 0 aliphatic rings. The van der Waals surface area contributed by atoms with Crippen LogP contribution in [0.4, 0.5) is 0 Å². The van der Waals surface area contributed by atoms with E-state index < -0.39 is 11.8 Å². The second-order valence-electron chi connectivity index (χ2n) is 7.66. The Labute approximate surface area is 164 Å². The number of hydrogen-bond acceptors (Lipinski definition) is 4. The standard InChI is InChI=1S/C21H27N3O4/c1-13-12-17(14(2)28-13)20(27)24-23-18(25)10-11-22-19(26)15-6-8-16(9-7-15)21(3,4)5/h6-9,12H,10-11H2,1-5H3,(H,22,26)(H,23,25)(H,24,27). The smallest absolute Gasteiger partial charge is 0.273 e. The van der Waals surface area contributed by atoms with Crippen molar-refractivity contribution < 1.29 is 18.8 Å². The lowest BCUT2D eigenvalue weighted by Crippen LogP contribution is -2.42. The fourth-order valence-electron chi connectivity index (χ4n) is 2.63. The lowest BCUT2D eigenvalue weighted by Gasteiger charge is -2.19. The van der Waals surface area contributed by atoms with Gasteiger partial charge in [-0.25, -0.2) is 0 Å². The minimum Gasteiger partial charge on any atom is -0.466 e. The molecule has 28 heavy (non-hydrogen) atoms. The third kappa shape index (κ3) is 5.70. The summed E-state index contributed by atoms with van der Waals surface area (Å²) in [6.07, 6.45) is 0.0372. The van der Waals surface area contributed by atoms with Crippen LogP contribution in [-0.4, -0.2) is 24.3 Å². The van der Waals surface area contributed by atoms with Crippen LogP contribution in [0.1, 0.15) is 65.0 Å². The van der Waals surface area contributed by atoms with Crippen LogP contribution in [0.2, 0.25) is 0 Å². The predicted octanol–water partition coefficient (Wildman–Crippen LogP) is 2.78. The van der Waals surface area contributed by atoms with Crippen LogP contribution in [0.25, 0.3) is 0 Å². The van der Waals surface area contributed by atoms with E-state index in [-0.39, 0.29) is 24.3 Å². The first-order valence-corrected chi connectivity index (χ1v) is 9.13. The highest BCUT2D eigenvalue weighted by Gasteiger charge is 2.15. The van der Waals surface area contributed by atoms with Gasteiger partial charge in [-0.2, -0.15) is 0 Å². The van der Waals surface area contributed by atoms with Gasteiger partial charge in [0.1, 0.15) is 11.5 Å². The molecule has 0 aliphatic carbocycles. The van der Waals surface area contributed by atoms with Crippen LogP contribution >= 0.6 is 0 Å². The lowest BCUT2D eigenvalue weighted by molar-refractivity contribution is -0.121. The molecule has 1 heterocycles. The zero-order chi connectivity index (χ0) is 20.9. The van der Waals surface area contributed by atoms with Crippen molar-refractivity contribution in [2.45, 2.75) is 46.5 Å². The molecule has 0 aliphatic heterocycles. The summed E-state index contributed by atoms with van der Waals surface area (Å²) in [7, 11) is 0. The average Bonchev–Trinajstić information content (AvgIpc) is 2.97. The van der Waals surface area contributed by atoms with Gasteiger partial charge in [0.15, 0.2) is 0 Å². The van der Waals surface area contributed by atoms with Crippen molar-refractivity contribution in [2.75, 3.05) is 6.54 Å². The fourth-order valence-corrected chi connectivity index (χ4v) is 2.63. The van der Waals surface area contributed by atoms with Crippen LogP contribution in [0.3, 0.4) is 0 Å². The van der Waals surface area contributed by atoms with Gasteiger partial charge in [-0.05, 0) is 43.0 Å². The topological polar surface area (TPSA) is 100 Å². The number of amides is 3. The molecule has 3 amide bonds. The van der Waals surface area contributed by atoms with Gasteiger partial charge in [0.2, 0.25) is 5.91 Å². The van der Waals surface area contributed by atoms with Crippen molar-refractivity contribution in [3.8, 4) is 0 Å². The molecular formula is C21H27N3O4. The summed E-state index contributed by atoms with van der Waals surface area (Å²) in [5.74, 6) is -0.0109. The Kier molecular flexibility index (Phi) is 6.62. The highest BCUT2D eigenvalue weighted by Crippen LogP contribution is 2.22. The van der Waals surface area contributed by atoms with Gasteiger partial charge in [-0.15, -0.1) is 0 Å². The Balaban J connectivity index is 1.75. The van der Waals surface area contributed by atoms with Crippen molar-refractivity contribution in [3.05, 3.63) is 58.5 Å². The van der Waals surface area contributed by atoms with Crippen molar-refractivity contribution >= 4 is 17.7 Å². The second-order valence-corrected chi connectivity index (χ2v) is 7.66. The zero-order valence-corrected chi connectivity index (χ0v) is 16.9. The molecule has 3 N–H and O–H groups in total. The molecule has 2 rings (SSSR count). The number of hydrogen-bond donors (Lipinski definition) is 3. The molecule has 0 atom stereocenters. The third-order valence-corrected chi connectivity index (χ3v) is 4.25. The van der Waals surface area contributed by atoms with E-state index >= 15 is 0 Å². The molecular weight excluding hydrogens is 358 g/mol. The molecule has 1 aromatic carbocycles. The summed E-state index contributed by atoms with van der Waals surface area (Å²) in [5.41, 5.74) is 6.72. The fraction of sp³-hybridized carbons (Fsp3) is 0.381. The zero-order valence-electron chi connectivity index (χ0n) is 16.9. The van der Waals surface area contributed by atoms with E-state index in [0.717, 1.165) is 5.56 Å². The van der Waals surface area contributed by atoms with Crippen LogP contribution in [0.15, 0.2) is 34.7 Å². The molecule has 0 spiro atoms. The maximum atomic E-state index is 12.2. The maximum absolute atomic E-state index is 12.2. The number of hydrazine groups is 1. The van der Waals surface area contributed by atoms with E-state index in [1.165, 1.54) is 0 Å². The number of carbonyl (C=O) groups excluding carboxylic acids is 3. The lowest BCUT2D eigenvalue weighted by atomic mass is 9.87. The highest BCUT2D eigenvalue weighted by molar-refractivity contribution is 5.96. The summed E-state index contributed by atoms with van der Waals surface area (Å²) < 4.78 is 5.28. The van der Waals surface area contributed by atoms with Crippen molar-refractivity contribution in [1.82, 2.24) is 16.2 Å². The van der Waals surface area contributed by atoms with Gasteiger partial charge in [0.25, 0.3) is 11.8 Å². The molecule has 0 fully saturated rings. The van der Waals surface area contributed by atoms with Gasteiger partial charge in [-0.3, -0.25) is 25.2 Å². The minimum absolute atomic E-state index is 0.0191. The van der Waals surface area contributed by atoms with Gasteiger partial charge in [0, 0.05) is 18.5 Å². The largest absolute Gasteiger partial charge is 0.466 e. The van der Waals surface area contributed by atoms with Crippen molar-refractivity contribution in [1.29, 1.82) is 0 Å². The quantitative estimate of drug-likeness (QED) is 0.689. The molecule has 7 heteroatoms. The number of benzene rings is 1. The molecule has 0 bridgehead atoms. The molecule has 0 unspecified atom stereocenters. The molecule has 0 saturated carbocycles. The molecule has 0 saturated heterocycles. The normalized spacial score (nSPS) is 11.0. The van der Waals surface area contributed by atoms with E-state index in [2.05, 4.69) is 36.9 Å². The Bertz CT molecular complexity index is 861. The summed E-state index contributed by atoms with van der Waals surface area (Å²) in [6, 6.07) is 8.99. The third-order valence-electron chi connectivity index (χ3n) is 4.25. The first-order valence-electron chi connectivity index (χ1n) is 9.13. The van der Waals surface area contributed by atoms with E-state index in [4.69, 9.17) is 4.42 Å². The van der Waals surface area contributed by atoms with Gasteiger partial charge in [-0.1, -0.05) is 32.9 Å². The Morgan fingerprint density at radius 2 is 1.61 bits per heavy atom. The molecule has 0 radical (unpaired) electrons. The summed E-state index contributed by atoms with van der Waals surface area (Å²) in [4.78, 5) is 36.0. The van der Waals surface area contributed by atoms with E-state index in [1.807, 2.05) is 12.1 Å². The molecule has 7 nitrogen and oxygen atoms in total. The van der Waals surface area contributed by atoms with Gasteiger partial charge in [0.05, 0.1) is 5.56 Å². The first-order chi connectivity index (χ1) is 13.1. The van der Waals surface area contributed by atoms with Crippen LogP contribution in [0, 0.1) is 13.8 Å². The monoisotopic (exact) mass is 385 g/mol. The molecule has 1 aromatic heterocycles. The van der Waals surface area contributed by atoms with E-state index in [1.54, 1.807) is 32.0 Å². The number of nitrogens with one attached hydrogen (secondary N) is 3. The first kappa shape index (κ1) is 21.2. The molecule has 150 valence electrons. The van der Waals surface area contributed by atoms with Crippen molar-refractivity contribution in [2.24, 2.45) is 0 Å². The predicted molar refractivity (Wildman–Crippen MR) is 106 cm³/mol. The number of carbonyl (C=O) groups is 3. The number of furan rings is 1. The highest BCUT2D eigenvalue weighted by atomic mass is 16.3. The van der Waals surface area contributed by atoms with Crippen molar-refractivity contribution in [3.63, 3.8) is 0 Å². The van der Waals surface area contributed by atoms with Crippen LogP contribution in [-0.2, 0) is 10.2 Å². The minimum atomic E-state index is -0.453. The summed E-state index contributed by atoms with van der Waals surface area (Å²) in [6.45, 7) is 9.89. The number of rotatable bonds is 5. The van der Waals surface area contributed by atoms with Crippen LogP contribution < -0.4 is 16.2 Å². The number of aryl methyl sites for hydroxylation is 2. The van der Waals surface area contributed by atoms with Crippen LogP contribution in [0.5, 0.6) is 0 Å². The Morgan fingerprint density at radius 3 is 2.14 bits per heavy atom. The summed E-state index contributed by atoms with van der Waals surface area (Å²) >= 11 is 0. The average molecular weight is 385 g/mol. The van der Waals surface area contributed by atoms with Gasteiger partial charge >= 0.3 is 0 Å². The Morgan fingerprint density at radius 1 is 0.964 bits per heavy atom. The Hall–Kier alpha value is -3.09. The van der Waals surface area contributed by atoms with Gasteiger partial charge < -0.3 is 9.73 Å².